The van der Waals surface area contributed by atoms with Crippen molar-refractivity contribution in [1.29, 1.82) is 0 Å². The van der Waals surface area contributed by atoms with E-state index in [4.69, 9.17) is 24.7 Å². The molecule has 0 aliphatic heterocycles. The van der Waals surface area contributed by atoms with Gasteiger partial charge in [-0.3, -0.25) is 19.2 Å². The van der Waals surface area contributed by atoms with Crippen LogP contribution in [0, 0.1) is 11.8 Å². The third-order valence-corrected chi connectivity index (χ3v) is 6.65. The van der Waals surface area contributed by atoms with Crippen LogP contribution in [-0.2, 0) is 35.1 Å². The number of nitrogens with two attached hydrogens (primary N) is 1. The molecule has 9 heteroatoms. The number of hydrogen-bond donors (Lipinski definition) is 1. The second-order valence-electron chi connectivity index (χ2n) is 10.4. The lowest BCUT2D eigenvalue weighted by Crippen LogP contribution is -2.39. The van der Waals surface area contributed by atoms with Crippen molar-refractivity contribution in [1.82, 2.24) is 0 Å². The SMILES string of the molecule is CCCCC(=O)O[C@@H](C)[C@H](C)OC(=O)[C@@H](N)Cc1ccc(OC(=O)CC(C)CC)c(OC(=O)CC(C)CC)c1. The van der Waals surface area contributed by atoms with Crippen molar-refractivity contribution in [2.45, 2.75) is 118 Å². The van der Waals surface area contributed by atoms with Gasteiger partial charge < -0.3 is 24.7 Å². The first-order valence-corrected chi connectivity index (χ1v) is 14.1. The Morgan fingerprint density at radius 3 is 1.85 bits per heavy atom. The molecule has 0 spiro atoms. The van der Waals surface area contributed by atoms with Crippen LogP contribution in [0.1, 0.15) is 99.0 Å². The fourth-order valence-electron chi connectivity index (χ4n) is 3.42. The van der Waals surface area contributed by atoms with Crippen LogP contribution < -0.4 is 15.2 Å². The topological polar surface area (TPSA) is 131 Å². The normalized spacial score (nSPS) is 14.9. The summed E-state index contributed by atoms with van der Waals surface area (Å²) in [5.74, 6) is -1.34. The molecule has 0 amide bonds. The fourth-order valence-corrected chi connectivity index (χ4v) is 3.42. The van der Waals surface area contributed by atoms with Crippen molar-refractivity contribution in [2.24, 2.45) is 17.6 Å². The van der Waals surface area contributed by atoms with Gasteiger partial charge in [0.05, 0.1) is 0 Å². The summed E-state index contributed by atoms with van der Waals surface area (Å²) in [4.78, 5) is 49.4. The summed E-state index contributed by atoms with van der Waals surface area (Å²) >= 11 is 0. The quantitative estimate of drug-likeness (QED) is 0.203. The Kier molecular flexibility index (Phi) is 15.4. The van der Waals surface area contributed by atoms with E-state index in [-0.39, 0.29) is 48.6 Å². The maximum absolute atomic E-state index is 12.6. The van der Waals surface area contributed by atoms with E-state index < -0.39 is 36.2 Å². The highest BCUT2D eigenvalue weighted by Gasteiger charge is 2.25. The molecule has 0 fully saturated rings. The number of esters is 4. The molecule has 0 aromatic heterocycles. The minimum Gasteiger partial charge on any atom is -0.459 e. The lowest BCUT2D eigenvalue weighted by molar-refractivity contribution is -0.166. The molecule has 0 aliphatic carbocycles. The monoisotopic (exact) mass is 549 g/mol. The van der Waals surface area contributed by atoms with E-state index in [0.29, 0.717) is 12.0 Å². The first-order chi connectivity index (χ1) is 18.4. The van der Waals surface area contributed by atoms with Gasteiger partial charge in [0.15, 0.2) is 11.5 Å². The van der Waals surface area contributed by atoms with E-state index in [2.05, 4.69) is 0 Å². The number of carbonyl (C=O) groups excluding carboxylic acids is 4. The summed E-state index contributed by atoms with van der Waals surface area (Å²) in [6, 6.07) is 3.73. The molecule has 2 N–H and O–H groups in total. The highest BCUT2D eigenvalue weighted by atomic mass is 16.6. The van der Waals surface area contributed by atoms with Crippen molar-refractivity contribution in [3.05, 3.63) is 23.8 Å². The number of unbranched alkanes of at least 4 members (excludes halogenated alkanes) is 1. The molecule has 5 atom stereocenters. The first kappa shape index (κ1) is 34.1. The van der Waals surface area contributed by atoms with Crippen LogP contribution in [-0.4, -0.2) is 42.1 Å². The smallest absolute Gasteiger partial charge is 0.323 e. The van der Waals surface area contributed by atoms with Crippen molar-refractivity contribution >= 4 is 23.9 Å². The summed E-state index contributed by atoms with van der Waals surface area (Å²) < 4.78 is 21.8. The van der Waals surface area contributed by atoms with E-state index in [1.54, 1.807) is 26.0 Å². The molecule has 0 saturated carbocycles. The molecule has 39 heavy (non-hydrogen) atoms. The van der Waals surface area contributed by atoms with Crippen molar-refractivity contribution < 1.29 is 38.1 Å². The van der Waals surface area contributed by atoms with Gasteiger partial charge in [-0.05, 0) is 56.2 Å². The van der Waals surface area contributed by atoms with Crippen LogP contribution in [0.25, 0.3) is 0 Å². The molecule has 2 unspecified atom stereocenters. The zero-order chi connectivity index (χ0) is 29.5. The Morgan fingerprint density at radius 2 is 1.31 bits per heavy atom. The molecule has 0 bridgehead atoms. The second-order valence-corrected chi connectivity index (χ2v) is 10.4. The molecule has 1 rings (SSSR count). The van der Waals surface area contributed by atoms with Gasteiger partial charge in [-0.25, -0.2) is 0 Å². The third-order valence-electron chi connectivity index (χ3n) is 6.65. The fraction of sp³-hybridized carbons (Fsp3) is 0.667. The summed E-state index contributed by atoms with van der Waals surface area (Å²) in [5.41, 5.74) is 6.71. The maximum atomic E-state index is 12.6. The molecular weight excluding hydrogens is 502 g/mol. The van der Waals surface area contributed by atoms with Crippen LogP contribution >= 0.6 is 0 Å². The molecule has 0 heterocycles. The highest BCUT2D eigenvalue weighted by molar-refractivity contribution is 5.78. The third kappa shape index (κ3) is 13.1. The van der Waals surface area contributed by atoms with Crippen LogP contribution in [0.3, 0.4) is 0 Å². The largest absolute Gasteiger partial charge is 0.459 e. The number of hydrogen-bond acceptors (Lipinski definition) is 9. The van der Waals surface area contributed by atoms with Crippen molar-refractivity contribution in [3.63, 3.8) is 0 Å². The standard InChI is InChI=1S/C30H47NO8/c1-8-11-12-27(32)36-21(6)22(7)37-30(35)24(31)17-23-13-14-25(38-28(33)15-19(4)9-2)26(18-23)39-29(34)16-20(5)10-3/h13-14,18-22,24H,8-12,15-17,31H2,1-7H3/t19?,20?,21-,22-,24-/m0/s1. The highest BCUT2D eigenvalue weighted by Crippen LogP contribution is 2.30. The van der Waals surface area contributed by atoms with E-state index in [1.807, 2.05) is 34.6 Å². The molecule has 0 radical (unpaired) electrons. The molecule has 9 nitrogen and oxygen atoms in total. The molecule has 0 aliphatic rings. The minimum absolute atomic E-state index is 0.0905. The predicted octanol–water partition coefficient (Wildman–Crippen LogP) is 5.29. The van der Waals surface area contributed by atoms with Gasteiger partial charge in [0.2, 0.25) is 0 Å². The summed E-state index contributed by atoms with van der Waals surface area (Å²) in [6.07, 6.45) is 2.81. The molecule has 220 valence electrons. The number of ether oxygens (including phenoxy) is 4. The minimum atomic E-state index is -1.02. The van der Waals surface area contributed by atoms with Gasteiger partial charge in [0.25, 0.3) is 0 Å². The molecular formula is C30H47NO8. The summed E-state index contributed by atoms with van der Waals surface area (Å²) in [7, 11) is 0. The Labute approximate surface area is 233 Å². The lowest BCUT2D eigenvalue weighted by atomic mass is 10.0. The van der Waals surface area contributed by atoms with Gasteiger partial charge in [-0.2, -0.15) is 0 Å². The zero-order valence-electron chi connectivity index (χ0n) is 24.6. The number of rotatable bonds is 17. The molecule has 0 saturated heterocycles. The van der Waals surface area contributed by atoms with Gasteiger partial charge >= 0.3 is 23.9 Å². The van der Waals surface area contributed by atoms with E-state index in [0.717, 1.165) is 25.7 Å². The van der Waals surface area contributed by atoms with Crippen LogP contribution in [0.15, 0.2) is 18.2 Å². The van der Waals surface area contributed by atoms with Gasteiger partial charge in [0, 0.05) is 19.3 Å². The van der Waals surface area contributed by atoms with Gasteiger partial charge in [-0.15, -0.1) is 0 Å². The lowest BCUT2D eigenvalue weighted by Gasteiger charge is -2.22. The Morgan fingerprint density at radius 1 is 0.769 bits per heavy atom. The molecule has 1 aromatic rings. The van der Waals surface area contributed by atoms with Gasteiger partial charge in [0.1, 0.15) is 18.2 Å². The number of carbonyl (C=O) groups is 4. The van der Waals surface area contributed by atoms with E-state index in [9.17, 15) is 19.2 Å². The Bertz CT molecular complexity index is 947. The average Bonchev–Trinajstić information content (AvgIpc) is 2.88. The van der Waals surface area contributed by atoms with Crippen LogP contribution in [0.4, 0.5) is 0 Å². The zero-order valence-corrected chi connectivity index (χ0v) is 24.6. The Hall–Kier alpha value is -2.94. The van der Waals surface area contributed by atoms with Crippen LogP contribution in [0.2, 0.25) is 0 Å². The first-order valence-electron chi connectivity index (χ1n) is 14.1. The summed E-state index contributed by atoms with van der Waals surface area (Å²) in [6.45, 7) is 13.2. The number of benzene rings is 1. The van der Waals surface area contributed by atoms with E-state index in [1.165, 1.54) is 6.07 Å². The summed E-state index contributed by atoms with van der Waals surface area (Å²) in [5, 5.41) is 0. The maximum Gasteiger partial charge on any atom is 0.323 e. The van der Waals surface area contributed by atoms with E-state index >= 15 is 0 Å². The predicted molar refractivity (Wildman–Crippen MR) is 148 cm³/mol. The van der Waals surface area contributed by atoms with Crippen molar-refractivity contribution in [3.8, 4) is 11.5 Å². The van der Waals surface area contributed by atoms with Crippen molar-refractivity contribution in [2.75, 3.05) is 0 Å². The molecule has 1 aromatic carbocycles. The second kappa shape index (κ2) is 17.6. The van der Waals surface area contributed by atoms with Gasteiger partial charge in [-0.1, -0.05) is 59.9 Å². The average molecular weight is 550 g/mol. The Balaban J connectivity index is 2.93. The van der Waals surface area contributed by atoms with Crippen LogP contribution in [0.5, 0.6) is 11.5 Å².